The summed E-state index contributed by atoms with van der Waals surface area (Å²) in [5.74, 6) is -0.388. The Morgan fingerprint density at radius 2 is 1.90 bits per heavy atom. The molecule has 0 spiro atoms. The molecule has 2 aromatic carbocycles. The molecule has 0 bridgehead atoms. The number of nitrogen functional groups attached to an aromatic ring is 1. The van der Waals surface area contributed by atoms with Gasteiger partial charge >= 0.3 is 0 Å². The predicted octanol–water partition coefficient (Wildman–Crippen LogP) is 2.33. The van der Waals surface area contributed by atoms with Crippen molar-refractivity contribution < 1.29 is 9.00 Å². The van der Waals surface area contributed by atoms with Gasteiger partial charge in [-0.15, -0.1) is 0 Å². The van der Waals surface area contributed by atoms with Gasteiger partial charge in [-0.3, -0.25) is 9.00 Å². The summed E-state index contributed by atoms with van der Waals surface area (Å²) in [6, 6.07) is 11.6. The number of primary amides is 1. The summed E-state index contributed by atoms with van der Waals surface area (Å²) in [4.78, 5) is 11.8. The molecule has 0 saturated carbocycles. The molecule has 0 fully saturated rings. The SMILES string of the molecule is NC(=O)c1ccccc1CS(=O)c1cc(Cl)ccc1N. The molecule has 20 heavy (non-hydrogen) atoms. The van der Waals surface area contributed by atoms with Gasteiger partial charge in [0, 0.05) is 16.3 Å². The van der Waals surface area contributed by atoms with Crippen LogP contribution < -0.4 is 11.5 Å². The molecular formula is C14H13ClN2O2S. The third kappa shape index (κ3) is 3.18. The van der Waals surface area contributed by atoms with E-state index in [0.29, 0.717) is 26.7 Å². The van der Waals surface area contributed by atoms with E-state index in [1.54, 1.807) is 42.5 Å². The number of carbonyl (C=O) groups excluding carboxylic acids is 1. The van der Waals surface area contributed by atoms with Gasteiger partial charge < -0.3 is 11.5 Å². The standard InChI is InChI=1S/C14H13ClN2O2S/c15-10-5-6-12(16)13(7-10)20(19)8-9-3-1-2-4-11(9)14(17)18/h1-7H,8,16H2,(H2,17,18). The minimum atomic E-state index is -1.40. The van der Waals surface area contributed by atoms with Crippen molar-refractivity contribution in [3.8, 4) is 0 Å². The Kier molecular flexibility index (Phi) is 4.42. The molecule has 1 atom stereocenters. The summed E-state index contributed by atoms with van der Waals surface area (Å²) < 4.78 is 12.4. The number of carbonyl (C=O) groups is 1. The van der Waals surface area contributed by atoms with Crippen molar-refractivity contribution in [2.45, 2.75) is 10.6 Å². The van der Waals surface area contributed by atoms with Crippen LogP contribution in [-0.4, -0.2) is 10.1 Å². The second-order valence-electron chi connectivity index (χ2n) is 4.19. The molecule has 4 N–H and O–H groups in total. The topological polar surface area (TPSA) is 86.2 Å². The molecule has 0 aliphatic carbocycles. The number of anilines is 1. The molecule has 0 aliphatic rings. The highest BCUT2D eigenvalue weighted by molar-refractivity contribution is 7.84. The van der Waals surface area contributed by atoms with E-state index < -0.39 is 16.7 Å². The first-order valence-electron chi connectivity index (χ1n) is 5.80. The first-order chi connectivity index (χ1) is 9.49. The maximum Gasteiger partial charge on any atom is 0.249 e. The number of amides is 1. The Morgan fingerprint density at radius 3 is 2.60 bits per heavy atom. The monoisotopic (exact) mass is 308 g/mol. The van der Waals surface area contributed by atoms with Crippen LogP contribution in [0.3, 0.4) is 0 Å². The van der Waals surface area contributed by atoms with E-state index in [1.165, 1.54) is 0 Å². The fourth-order valence-corrected chi connectivity index (χ4v) is 3.33. The third-order valence-corrected chi connectivity index (χ3v) is 4.44. The summed E-state index contributed by atoms with van der Waals surface area (Å²) >= 11 is 5.88. The largest absolute Gasteiger partial charge is 0.398 e. The van der Waals surface area contributed by atoms with Crippen LogP contribution in [0.2, 0.25) is 5.02 Å². The molecule has 0 aliphatic heterocycles. The highest BCUT2D eigenvalue weighted by Crippen LogP contribution is 2.24. The average molecular weight is 309 g/mol. The van der Waals surface area contributed by atoms with Crippen LogP contribution in [0, 0.1) is 0 Å². The van der Waals surface area contributed by atoms with Crippen molar-refractivity contribution in [2.75, 3.05) is 5.73 Å². The molecule has 2 aromatic rings. The van der Waals surface area contributed by atoms with E-state index in [-0.39, 0.29) is 5.75 Å². The van der Waals surface area contributed by atoms with Gasteiger partial charge in [0.05, 0.1) is 21.4 Å². The maximum absolute atomic E-state index is 12.4. The number of hydrogen-bond donors (Lipinski definition) is 2. The zero-order chi connectivity index (χ0) is 14.7. The first kappa shape index (κ1) is 14.6. The van der Waals surface area contributed by atoms with Crippen LogP contribution in [0.25, 0.3) is 0 Å². The Balaban J connectivity index is 2.33. The number of hydrogen-bond acceptors (Lipinski definition) is 3. The molecule has 2 rings (SSSR count). The van der Waals surface area contributed by atoms with Gasteiger partial charge in [-0.05, 0) is 29.8 Å². The molecule has 0 radical (unpaired) electrons. The van der Waals surface area contributed by atoms with Gasteiger partial charge in [0.2, 0.25) is 5.91 Å². The summed E-state index contributed by atoms with van der Waals surface area (Å²) in [6.45, 7) is 0. The van der Waals surface area contributed by atoms with Crippen molar-refractivity contribution in [1.29, 1.82) is 0 Å². The lowest BCUT2D eigenvalue weighted by molar-refractivity contribution is 0.0999. The van der Waals surface area contributed by atoms with Crippen LogP contribution in [0.1, 0.15) is 15.9 Å². The molecule has 0 aromatic heterocycles. The van der Waals surface area contributed by atoms with E-state index in [0.717, 1.165) is 0 Å². The molecule has 1 unspecified atom stereocenters. The minimum absolute atomic E-state index is 0.156. The normalized spacial score (nSPS) is 12.1. The second kappa shape index (κ2) is 6.07. The van der Waals surface area contributed by atoms with Gasteiger partial charge in [-0.25, -0.2) is 0 Å². The summed E-state index contributed by atoms with van der Waals surface area (Å²) in [7, 11) is -1.40. The Morgan fingerprint density at radius 1 is 1.20 bits per heavy atom. The summed E-state index contributed by atoms with van der Waals surface area (Å²) in [6.07, 6.45) is 0. The number of benzene rings is 2. The fraction of sp³-hybridized carbons (Fsp3) is 0.0714. The zero-order valence-corrected chi connectivity index (χ0v) is 12.1. The van der Waals surface area contributed by atoms with Gasteiger partial charge in [0.15, 0.2) is 0 Å². The van der Waals surface area contributed by atoms with Crippen LogP contribution in [0.5, 0.6) is 0 Å². The van der Waals surface area contributed by atoms with Gasteiger partial charge in [-0.2, -0.15) is 0 Å². The van der Waals surface area contributed by atoms with Crippen molar-refractivity contribution in [1.82, 2.24) is 0 Å². The zero-order valence-electron chi connectivity index (χ0n) is 10.5. The highest BCUT2D eigenvalue weighted by Gasteiger charge is 2.14. The van der Waals surface area contributed by atoms with E-state index in [1.807, 2.05) is 0 Å². The van der Waals surface area contributed by atoms with E-state index in [2.05, 4.69) is 0 Å². The Labute approximate surface area is 124 Å². The predicted molar refractivity (Wildman–Crippen MR) is 80.9 cm³/mol. The van der Waals surface area contributed by atoms with Crippen LogP contribution in [0.15, 0.2) is 47.4 Å². The van der Waals surface area contributed by atoms with Crippen LogP contribution in [0.4, 0.5) is 5.69 Å². The van der Waals surface area contributed by atoms with Crippen LogP contribution in [-0.2, 0) is 16.6 Å². The van der Waals surface area contributed by atoms with E-state index in [9.17, 15) is 9.00 Å². The molecule has 0 heterocycles. The number of nitrogens with two attached hydrogens (primary N) is 2. The van der Waals surface area contributed by atoms with Crippen molar-refractivity contribution in [3.63, 3.8) is 0 Å². The molecule has 104 valence electrons. The molecule has 0 saturated heterocycles. The lowest BCUT2D eigenvalue weighted by Gasteiger charge is -2.09. The molecule has 6 heteroatoms. The third-order valence-electron chi connectivity index (χ3n) is 2.79. The van der Waals surface area contributed by atoms with Gasteiger partial charge in [0.25, 0.3) is 0 Å². The summed E-state index contributed by atoms with van der Waals surface area (Å²) in [5.41, 5.74) is 12.5. The second-order valence-corrected chi connectivity index (χ2v) is 6.05. The number of rotatable bonds is 4. The Hall–Kier alpha value is -1.85. The van der Waals surface area contributed by atoms with Crippen molar-refractivity contribution in [3.05, 3.63) is 58.6 Å². The average Bonchev–Trinajstić information content (AvgIpc) is 2.41. The molecule has 4 nitrogen and oxygen atoms in total. The van der Waals surface area contributed by atoms with Crippen molar-refractivity contribution in [2.24, 2.45) is 5.73 Å². The number of halogens is 1. The van der Waals surface area contributed by atoms with E-state index >= 15 is 0 Å². The first-order valence-corrected chi connectivity index (χ1v) is 7.50. The van der Waals surface area contributed by atoms with Gasteiger partial charge in [-0.1, -0.05) is 29.8 Å². The van der Waals surface area contributed by atoms with Crippen molar-refractivity contribution >= 4 is 34.0 Å². The fourth-order valence-electron chi connectivity index (χ4n) is 1.81. The smallest absolute Gasteiger partial charge is 0.249 e. The lowest BCUT2D eigenvalue weighted by Crippen LogP contribution is -2.14. The highest BCUT2D eigenvalue weighted by atomic mass is 35.5. The maximum atomic E-state index is 12.4. The molecular weight excluding hydrogens is 296 g/mol. The van der Waals surface area contributed by atoms with E-state index in [4.69, 9.17) is 23.1 Å². The molecule has 1 amide bonds. The summed E-state index contributed by atoms with van der Waals surface area (Å²) in [5, 5.41) is 0.464. The van der Waals surface area contributed by atoms with Gasteiger partial charge in [0.1, 0.15) is 0 Å². The lowest BCUT2D eigenvalue weighted by atomic mass is 10.1. The Bertz CT molecular complexity index is 689. The quantitative estimate of drug-likeness (QED) is 0.850. The minimum Gasteiger partial charge on any atom is -0.398 e. The van der Waals surface area contributed by atoms with Crippen LogP contribution >= 0.6 is 11.6 Å².